The molecule has 11 nitrogen and oxygen atoms in total. The van der Waals surface area contributed by atoms with Crippen LogP contribution in [0.15, 0.2) is 53.3 Å². The quantitative estimate of drug-likeness (QED) is 0.213. The minimum absolute atomic E-state index is 0.0121. The number of β-lactam (4-membered cyclic amide) rings is 1. The van der Waals surface area contributed by atoms with Gasteiger partial charge in [0, 0.05) is 29.7 Å². The van der Waals surface area contributed by atoms with Crippen LogP contribution in [-0.4, -0.2) is 61.0 Å². The lowest BCUT2D eigenvalue weighted by Crippen LogP contribution is -2.70. The van der Waals surface area contributed by atoms with Gasteiger partial charge in [-0.05, 0) is 5.57 Å². The van der Waals surface area contributed by atoms with E-state index < -0.39 is 41.6 Å². The summed E-state index contributed by atoms with van der Waals surface area (Å²) in [5.74, 6) is -3.14. The third-order valence-electron chi connectivity index (χ3n) is 5.51. The lowest BCUT2D eigenvalue weighted by atomic mass is 10.0. The fourth-order valence-electron chi connectivity index (χ4n) is 3.86. The number of hydrogen-bond acceptors (Lipinski definition) is 8. The fraction of sp³-hybridized carbons (Fsp3) is 0.273. The highest BCUT2D eigenvalue weighted by atomic mass is 32.2. The van der Waals surface area contributed by atoms with Crippen LogP contribution < -0.4 is 15.6 Å². The van der Waals surface area contributed by atoms with Crippen LogP contribution in [0.3, 0.4) is 0 Å². The minimum Gasteiger partial charge on any atom is -0.481 e. The molecule has 13 heteroatoms. The number of carboxylic acid groups (broad SMARTS) is 2. The summed E-state index contributed by atoms with van der Waals surface area (Å²) in [5.41, 5.74) is 6.44. The van der Waals surface area contributed by atoms with Crippen molar-refractivity contribution in [3.05, 3.63) is 59.0 Å². The number of pyridine rings is 1. The molecule has 2 aliphatic rings. The Morgan fingerprint density at radius 1 is 1.26 bits per heavy atom. The van der Waals surface area contributed by atoms with Crippen molar-refractivity contribution >= 4 is 57.6 Å². The van der Waals surface area contributed by atoms with Crippen molar-refractivity contribution in [2.24, 2.45) is 0 Å². The van der Waals surface area contributed by atoms with Gasteiger partial charge < -0.3 is 21.3 Å². The summed E-state index contributed by atoms with van der Waals surface area (Å²) in [6, 6.07) is 4.70. The normalized spacial score (nSPS) is 19.7. The standard InChI is InChI=1S/C22H21N5O6S2/c23-22-24-14(11-35-22)13(4-5-15(28)29)18(30)25-16-19(31)27-17(21(32)33)12(10-34-20(16)27)6-9-26-7-2-1-3-8-26/h1-4,7-8,11,16,20H,5-6,9-10H2,(H4-,23,24,25,28,29,30,32,33)/p+1/t16-,20-/m1/s1. The number of nitrogens with zero attached hydrogens (tertiary/aromatic N) is 3. The minimum atomic E-state index is -1.19. The molecule has 0 spiro atoms. The molecule has 182 valence electrons. The van der Waals surface area contributed by atoms with Gasteiger partial charge in [0.15, 0.2) is 24.1 Å². The molecule has 4 rings (SSSR count). The summed E-state index contributed by atoms with van der Waals surface area (Å²) >= 11 is 2.47. The van der Waals surface area contributed by atoms with Crippen molar-refractivity contribution in [3.8, 4) is 0 Å². The van der Waals surface area contributed by atoms with Crippen molar-refractivity contribution in [3.63, 3.8) is 0 Å². The third kappa shape index (κ3) is 5.20. The van der Waals surface area contributed by atoms with E-state index in [9.17, 15) is 24.3 Å². The van der Waals surface area contributed by atoms with Crippen molar-refractivity contribution in [1.29, 1.82) is 0 Å². The van der Waals surface area contributed by atoms with Gasteiger partial charge in [-0.15, -0.1) is 23.1 Å². The molecular weight excluding hydrogens is 494 g/mol. The van der Waals surface area contributed by atoms with Crippen molar-refractivity contribution in [2.75, 3.05) is 11.5 Å². The van der Waals surface area contributed by atoms with Crippen molar-refractivity contribution in [2.45, 2.75) is 30.8 Å². The van der Waals surface area contributed by atoms with E-state index in [2.05, 4.69) is 10.3 Å². The number of fused-ring (bicyclic) bond motifs is 1. The zero-order chi connectivity index (χ0) is 25.1. The Kier molecular flexibility index (Phi) is 7.17. The van der Waals surface area contributed by atoms with E-state index >= 15 is 0 Å². The van der Waals surface area contributed by atoms with Gasteiger partial charge in [-0.2, -0.15) is 0 Å². The number of thioether (sulfide) groups is 1. The molecule has 2 amide bonds. The lowest BCUT2D eigenvalue weighted by molar-refractivity contribution is -0.696. The predicted octanol–water partition coefficient (Wildman–Crippen LogP) is 0.700. The first kappa shape index (κ1) is 24.4. The largest absolute Gasteiger partial charge is 0.481 e. The van der Waals surface area contributed by atoms with Gasteiger partial charge in [-0.3, -0.25) is 19.3 Å². The molecule has 0 aliphatic carbocycles. The summed E-state index contributed by atoms with van der Waals surface area (Å²) in [4.78, 5) is 54.2. The Balaban J connectivity index is 1.50. The van der Waals surface area contributed by atoms with Gasteiger partial charge in [0.05, 0.1) is 17.7 Å². The molecule has 1 fully saturated rings. The van der Waals surface area contributed by atoms with Gasteiger partial charge in [0.2, 0.25) is 0 Å². The summed E-state index contributed by atoms with van der Waals surface area (Å²) in [5, 5.41) is 22.6. The second kappa shape index (κ2) is 10.3. The van der Waals surface area contributed by atoms with Gasteiger partial charge in [0.1, 0.15) is 17.1 Å². The average Bonchev–Trinajstić information content (AvgIpc) is 3.26. The number of aryl methyl sites for hydroxylation is 1. The highest BCUT2D eigenvalue weighted by Gasteiger charge is 2.54. The number of anilines is 1. The average molecular weight is 517 g/mol. The number of carbonyl (C=O) groups excluding carboxylic acids is 2. The van der Waals surface area contributed by atoms with E-state index in [4.69, 9.17) is 10.8 Å². The predicted molar refractivity (Wildman–Crippen MR) is 128 cm³/mol. The Hall–Kier alpha value is -3.71. The Morgan fingerprint density at radius 2 is 2.00 bits per heavy atom. The number of nitrogen functional groups attached to an aromatic ring is 1. The molecule has 0 unspecified atom stereocenters. The number of rotatable bonds is 9. The van der Waals surface area contributed by atoms with E-state index in [0.29, 0.717) is 24.3 Å². The van der Waals surface area contributed by atoms with Crippen molar-refractivity contribution in [1.82, 2.24) is 15.2 Å². The zero-order valence-electron chi connectivity index (χ0n) is 18.3. The molecule has 0 saturated carbocycles. The first-order valence-corrected chi connectivity index (χ1v) is 12.5. The summed E-state index contributed by atoms with van der Waals surface area (Å²) in [6.07, 6.45) is 5.02. The van der Waals surface area contributed by atoms with Crippen LogP contribution in [0.4, 0.5) is 5.13 Å². The molecule has 2 aromatic heterocycles. The maximum atomic E-state index is 13.0. The SMILES string of the molecule is Nc1nc(C(=CCC(=O)O)C(=O)N[C@@H]2C(=O)N3C(C(=O)O)=C(CC[n+]4ccccc4)CS[C@H]23)cs1. The number of nitrogens with one attached hydrogen (secondary N) is 1. The molecule has 2 aliphatic heterocycles. The first-order chi connectivity index (χ1) is 16.8. The first-order valence-electron chi connectivity index (χ1n) is 10.5. The number of amides is 2. The number of hydrogen-bond donors (Lipinski definition) is 4. The maximum absolute atomic E-state index is 13.0. The van der Waals surface area contributed by atoms with Crippen LogP contribution in [0.25, 0.3) is 5.57 Å². The second-order valence-corrected chi connectivity index (χ2v) is 9.76. The van der Waals surface area contributed by atoms with Crippen molar-refractivity contribution < 1.29 is 34.0 Å². The third-order valence-corrected chi connectivity index (χ3v) is 7.52. The fourth-order valence-corrected chi connectivity index (χ4v) is 5.81. The van der Waals surface area contributed by atoms with Gasteiger partial charge in [-0.25, -0.2) is 14.3 Å². The molecule has 0 radical (unpaired) electrons. The summed E-state index contributed by atoms with van der Waals surface area (Å²) < 4.78 is 1.93. The number of nitrogens with two attached hydrogens (primary N) is 1. The van der Waals surface area contributed by atoms with Gasteiger partial charge in [0.25, 0.3) is 11.8 Å². The smallest absolute Gasteiger partial charge is 0.352 e. The Bertz CT molecular complexity index is 1240. The number of aliphatic carboxylic acids is 2. The van der Waals surface area contributed by atoms with E-state index in [1.807, 2.05) is 35.2 Å². The number of carboxylic acids is 2. The summed E-state index contributed by atoms with van der Waals surface area (Å²) in [7, 11) is 0. The molecule has 2 aromatic rings. The Labute approximate surface area is 208 Å². The molecule has 1 saturated heterocycles. The van der Waals surface area contributed by atoms with Crippen LogP contribution in [0.5, 0.6) is 0 Å². The number of aromatic nitrogens is 2. The van der Waals surface area contributed by atoms with Crippen LogP contribution >= 0.6 is 23.1 Å². The molecule has 5 N–H and O–H groups in total. The topological polar surface area (TPSA) is 167 Å². The van der Waals surface area contributed by atoms with E-state index in [-0.39, 0.29) is 22.1 Å². The molecule has 0 aromatic carbocycles. The highest BCUT2D eigenvalue weighted by molar-refractivity contribution is 8.00. The lowest BCUT2D eigenvalue weighted by Gasteiger charge is -2.49. The molecule has 4 heterocycles. The van der Waals surface area contributed by atoms with Crippen LogP contribution in [-0.2, 0) is 25.7 Å². The van der Waals surface area contributed by atoms with Crippen LogP contribution in [0.1, 0.15) is 18.5 Å². The zero-order valence-corrected chi connectivity index (χ0v) is 19.9. The molecule has 2 atom stereocenters. The van der Waals surface area contributed by atoms with E-state index in [0.717, 1.165) is 11.3 Å². The maximum Gasteiger partial charge on any atom is 0.352 e. The highest BCUT2D eigenvalue weighted by Crippen LogP contribution is 2.41. The Morgan fingerprint density at radius 3 is 2.63 bits per heavy atom. The van der Waals surface area contributed by atoms with Gasteiger partial charge in [-0.1, -0.05) is 12.1 Å². The van der Waals surface area contributed by atoms with E-state index in [1.165, 1.54) is 28.1 Å². The molecule has 0 bridgehead atoms. The molecule has 35 heavy (non-hydrogen) atoms. The number of carbonyl (C=O) groups is 4. The second-order valence-electron chi connectivity index (χ2n) is 7.77. The van der Waals surface area contributed by atoms with Crippen LogP contribution in [0.2, 0.25) is 0 Å². The summed E-state index contributed by atoms with van der Waals surface area (Å²) in [6.45, 7) is 0.564. The van der Waals surface area contributed by atoms with Gasteiger partial charge >= 0.3 is 11.9 Å². The molecular formula is C22H22N5O6S2+. The number of thiazole rings is 1. The van der Waals surface area contributed by atoms with E-state index in [1.54, 1.807) is 0 Å². The monoisotopic (exact) mass is 516 g/mol. The van der Waals surface area contributed by atoms with Crippen LogP contribution in [0, 0.1) is 0 Å².